The predicted octanol–water partition coefficient (Wildman–Crippen LogP) is 2.64. The van der Waals surface area contributed by atoms with Crippen LogP contribution in [0.2, 0.25) is 0 Å². The Morgan fingerprint density at radius 3 is 3.08 bits per heavy atom. The first kappa shape index (κ1) is 8.27. The molecule has 12 heavy (non-hydrogen) atoms. The van der Waals surface area contributed by atoms with Crippen molar-refractivity contribution in [3.05, 3.63) is 22.4 Å². The van der Waals surface area contributed by atoms with Gasteiger partial charge in [-0.15, -0.1) is 0 Å². The van der Waals surface area contributed by atoms with Crippen LogP contribution >= 0.6 is 11.3 Å². The Balaban J connectivity index is 1.56. The molecular formula is C10H15NS. The highest BCUT2D eigenvalue weighted by atomic mass is 32.1. The molecule has 0 amide bonds. The number of hydrogen-bond acceptors (Lipinski definition) is 2. The van der Waals surface area contributed by atoms with Crippen LogP contribution in [0, 0.1) is 5.92 Å². The highest BCUT2D eigenvalue weighted by Crippen LogP contribution is 2.31. The van der Waals surface area contributed by atoms with E-state index >= 15 is 0 Å². The zero-order valence-electron chi connectivity index (χ0n) is 7.25. The molecule has 0 spiro atoms. The lowest BCUT2D eigenvalue weighted by molar-refractivity contribution is 0.613. The molecule has 1 heterocycles. The molecular weight excluding hydrogens is 166 g/mol. The van der Waals surface area contributed by atoms with Crippen molar-refractivity contribution in [2.24, 2.45) is 5.92 Å². The molecule has 1 aromatic heterocycles. The number of hydrogen-bond donors (Lipinski definition) is 1. The van der Waals surface area contributed by atoms with Gasteiger partial charge in [0.15, 0.2) is 0 Å². The van der Waals surface area contributed by atoms with Gasteiger partial charge in [-0.25, -0.2) is 0 Å². The second kappa shape index (κ2) is 4.06. The maximum absolute atomic E-state index is 3.47. The van der Waals surface area contributed by atoms with Gasteiger partial charge in [-0.1, -0.05) is 12.8 Å². The van der Waals surface area contributed by atoms with E-state index in [2.05, 4.69) is 22.1 Å². The summed E-state index contributed by atoms with van der Waals surface area (Å²) in [6.45, 7) is 2.25. The molecule has 1 nitrogen and oxygen atoms in total. The highest BCUT2D eigenvalue weighted by molar-refractivity contribution is 7.07. The van der Waals surface area contributed by atoms with Gasteiger partial charge in [-0.05, 0) is 41.3 Å². The summed E-state index contributed by atoms with van der Waals surface area (Å²) < 4.78 is 0. The normalized spacial score (nSPS) is 16.7. The maximum atomic E-state index is 3.47. The monoisotopic (exact) mass is 181 g/mol. The molecule has 1 fully saturated rings. The third-order valence-electron chi connectivity index (χ3n) is 2.34. The topological polar surface area (TPSA) is 12.0 Å². The van der Waals surface area contributed by atoms with Gasteiger partial charge in [0.25, 0.3) is 0 Å². The van der Waals surface area contributed by atoms with Gasteiger partial charge in [-0.2, -0.15) is 11.3 Å². The van der Waals surface area contributed by atoms with Crippen molar-refractivity contribution in [3.8, 4) is 0 Å². The van der Waals surface area contributed by atoms with Gasteiger partial charge in [-0.3, -0.25) is 0 Å². The van der Waals surface area contributed by atoms with Crippen molar-refractivity contribution in [1.82, 2.24) is 5.32 Å². The lowest BCUT2D eigenvalue weighted by Gasteiger charge is -2.00. The average Bonchev–Trinajstić information content (AvgIpc) is 2.76. The summed E-state index contributed by atoms with van der Waals surface area (Å²) in [5.74, 6) is 1.06. The molecule has 0 atom stereocenters. The van der Waals surface area contributed by atoms with Gasteiger partial charge in [0.05, 0.1) is 0 Å². The van der Waals surface area contributed by atoms with Gasteiger partial charge < -0.3 is 5.32 Å². The smallest absolute Gasteiger partial charge is 0.0213 e. The van der Waals surface area contributed by atoms with E-state index in [1.54, 1.807) is 11.3 Å². The van der Waals surface area contributed by atoms with E-state index in [-0.39, 0.29) is 0 Å². The minimum atomic E-state index is 1.05. The zero-order chi connectivity index (χ0) is 8.23. The molecule has 2 heteroatoms. The molecule has 1 N–H and O–H groups in total. The molecule has 0 unspecified atom stereocenters. The van der Waals surface area contributed by atoms with Crippen molar-refractivity contribution in [2.45, 2.75) is 25.8 Å². The van der Waals surface area contributed by atoms with Crippen molar-refractivity contribution < 1.29 is 0 Å². The fourth-order valence-corrected chi connectivity index (χ4v) is 2.01. The minimum absolute atomic E-state index is 1.05. The third-order valence-corrected chi connectivity index (χ3v) is 3.07. The van der Waals surface area contributed by atoms with Crippen molar-refractivity contribution in [1.29, 1.82) is 0 Å². The maximum Gasteiger partial charge on any atom is 0.0213 e. The Kier molecular flexibility index (Phi) is 2.79. The first-order chi connectivity index (χ1) is 5.95. The van der Waals surface area contributed by atoms with Gasteiger partial charge in [0.2, 0.25) is 0 Å². The van der Waals surface area contributed by atoms with E-state index in [1.165, 1.54) is 31.4 Å². The zero-order valence-corrected chi connectivity index (χ0v) is 8.07. The van der Waals surface area contributed by atoms with E-state index in [0.29, 0.717) is 0 Å². The van der Waals surface area contributed by atoms with Gasteiger partial charge in [0, 0.05) is 6.54 Å². The van der Waals surface area contributed by atoms with E-state index in [9.17, 15) is 0 Å². The fourth-order valence-electron chi connectivity index (χ4n) is 1.34. The van der Waals surface area contributed by atoms with Crippen molar-refractivity contribution >= 4 is 11.3 Å². The molecule has 1 aliphatic rings. The number of nitrogens with one attached hydrogen (secondary N) is 1. The molecule has 1 aromatic rings. The summed E-state index contributed by atoms with van der Waals surface area (Å²) in [6.07, 6.45) is 4.32. The molecule has 0 aliphatic heterocycles. The molecule has 0 bridgehead atoms. The van der Waals surface area contributed by atoms with Gasteiger partial charge >= 0.3 is 0 Å². The minimum Gasteiger partial charge on any atom is -0.313 e. The second-order valence-electron chi connectivity index (χ2n) is 3.54. The van der Waals surface area contributed by atoms with Crippen LogP contribution in [0.1, 0.15) is 24.8 Å². The molecule has 1 aliphatic carbocycles. The Labute approximate surface area is 77.8 Å². The van der Waals surface area contributed by atoms with E-state index in [1.807, 2.05) is 0 Å². The molecule has 0 saturated heterocycles. The van der Waals surface area contributed by atoms with E-state index in [0.717, 1.165) is 12.5 Å². The summed E-state index contributed by atoms with van der Waals surface area (Å²) in [5, 5.41) is 7.82. The Morgan fingerprint density at radius 2 is 2.42 bits per heavy atom. The summed E-state index contributed by atoms with van der Waals surface area (Å²) in [4.78, 5) is 0. The Bertz CT molecular complexity index is 214. The summed E-state index contributed by atoms with van der Waals surface area (Å²) in [7, 11) is 0. The third kappa shape index (κ3) is 2.61. The lowest BCUT2D eigenvalue weighted by Crippen LogP contribution is -2.14. The van der Waals surface area contributed by atoms with Crippen LogP contribution < -0.4 is 5.32 Å². The van der Waals surface area contributed by atoms with Crippen LogP contribution in [0.4, 0.5) is 0 Å². The van der Waals surface area contributed by atoms with Crippen LogP contribution in [0.5, 0.6) is 0 Å². The van der Waals surface area contributed by atoms with Crippen LogP contribution in [0.25, 0.3) is 0 Å². The lowest BCUT2D eigenvalue weighted by atomic mass is 10.3. The van der Waals surface area contributed by atoms with E-state index < -0.39 is 0 Å². The largest absolute Gasteiger partial charge is 0.313 e. The molecule has 0 radical (unpaired) electrons. The highest BCUT2D eigenvalue weighted by Gasteiger charge is 2.19. The summed E-state index contributed by atoms with van der Waals surface area (Å²) >= 11 is 1.78. The molecule has 66 valence electrons. The Morgan fingerprint density at radius 1 is 1.50 bits per heavy atom. The number of thiophene rings is 1. The summed E-state index contributed by atoms with van der Waals surface area (Å²) in [5.41, 5.74) is 1.43. The van der Waals surface area contributed by atoms with Crippen LogP contribution in [0.3, 0.4) is 0 Å². The van der Waals surface area contributed by atoms with Gasteiger partial charge in [0.1, 0.15) is 0 Å². The standard InChI is InChI=1S/C10H15NS/c1-2-9(1)3-5-11-7-10-4-6-12-8-10/h4,6,8-9,11H,1-3,5,7H2. The molecule has 0 aromatic carbocycles. The summed E-state index contributed by atoms with van der Waals surface area (Å²) in [6, 6.07) is 2.19. The quantitative estimate of drug-likeness (QED) is 0.689. The first-order valence-electron chi connectivity index (χ1n) is 4.67. The molecule has 1 saturated carbocycles. The van der Waals surface area contributed by atoms with Crippen LogP contribution in [-0.2, 0) is 6.54 Å². The van der Waals surface area contributed by atoms with Crippen molar-refractivity contribution in [3.63, 3.8) is 0 Å². The second-order valence-corrected chi connectivity index (χ2v) is 4.32. The average molecular weight is 181 g/mol. The fraction of sp³-hybridized carbons (Fsp3) is 0.600. The van der Waals surface area contributed by atoms with Crippen LogP contribution in [-0.4, -0.2) is 6.54 Å². The SMILES string of the molecule is c1cc(CNCCC2CC2)cs1. The number of rotatable bonds is 5. The molecule has 2 rings (SSSR count). The van der Waals surface area contributed by atoms with Crippen LogP contribution in [0.15, 0.2) is 16.8 Å². The van der Waals surface area contributed by atoms with Crippen molar-refractivity contribution in [2.75, 3.05) is 6.54 Å². The predicted molar refractivity (Wildman–Crippen MR) is 53.4 cm³/mol. The first-order valence-corrected chi connectivity index (χ1v) is 5.61. The Hall–Kier alpha value is -0.340. The van der Waals surface area contributed by atoms with E-state index in [4.69, 9.17) is 0 Å².